The van der Waals surface area contributed by atoms with Crippen LogP contribution in [-0.4, -0.2) is 17.7 Å². The predicted molar refractivity (Wildman–Crippen MR) is 109 cm³/mol. The Bertz CT molecular complexity index is 1050. The molecule has 4 nitrogen and oxygen atoms in total. The first-order valence-electron chi connectivity index (χ1n) is 9.41. The Labute approximate surface area is 165 Å². The van der Waals surface area contributed by atoms with Crippen LogP contribution in [0.3, 0.4) is 0 Å². The van der Waals surface area contributed by atoms with Crippen molar-refractivity contribution >= 4 is 26.9 Å². The second-order valence-corrected chi connectivity index (χ2v) is 8.28. The molecule has 1 aliphatic heterocycles. The summed E-state index contributed by atoms with van der Waals surface area (Å²) in [6.07, 6.45) is 6.61. The summed E-state index contributed by atoms with van der Waals surface area (Å²) < 4.78 is 13.0. The molecule has 3 aromatic rings. The summed E-state index contributed by atoms with van der Waals surface area (Å²) in [6.45, 7) is 1.39. The topological polar surface area (TPSA) is 42.7 Å². The van der Waals surface area contributed by atoms with Crippen molar-refractivity contribution in [2.24, 2.45) is 0 Å². The molecule has 0 bridgehead atoms. The van der Waals surface area contributed by atoms with Gasteiger partial charge in [0.15, 0.2) is 0 Å². The van der Waals surface area contributed by atoms with Gasteiger partial charge in [0, 0.05) is 17.1 Å². The van der Waals surface area contributed by atoms with Gasteiger partial charge in [-0.05, 0) is 42.7 Å². The fraction of sp³-hybridized carbons (Fsp3) is 0.318. The van der Waals surface area contributed by atoms with Gasteiger partial charge in [-0.3, -0.25) is 9.69 Å². The summed E-state index contributed by atoms with van der Waals surface area (Å²) in [6, 6.07) is 12.0. The fourth-order valence-corrected chi connectivity index (χ4v) is 4.52. The van der Waals surface area contributed by atoms with E-state index in [0.717, 1.165) is 27.9 Å². The van der Waals surface area contributed by atoms with Crippen LogP contribution in [0, 0.1) is 0 Å². The van der Waals surface area contributed by atoms with E-state index in [1.807, 2.05) is 36.4 Å². The number of hydrogen-bond donors (Lipinski definition) is 0. The molecule has 1 aromatic heterocycles. The van der Waals surface area contributed by atoms with Crippen molar-refractivity contribution in [1.82, 2.24) is 4.90 Å². The van der Waals surface area contributed by atoms with E-state index in [-0.39, 0.29) is 5.43 Å². The van der Waals surface area contributed by atoms with Gasteiger partial charge in [-0.1, -0.05) is 40.9 Å². The van der Waals surface area contributed by atoms with E-state index in [2.05, 4.69) is 20.8 Å². The smallest absolute Gasteiger partial charge is 0.200 e. The number of fused-ring (bicyclic) bond motifs is 3. The zero-order valence-corrected chi connectivity index (χ0v) is 16.5. The summed E-state index contributed by atoms with van der Waals surface area (Å²) in [5, 5.41) is 0.617. The zero-order valence-electron chi connectivity index (χ0n) is 14.9. The third-order valence-electron chi connectivity index (χ3n) is 5.74. The summed E-state index contributed by atoms with van der Waals surface area (Å²) >= 11 is 3.43. The van der Waals surface area contributed by atoms with Crippen molar-refractivity contribution in [2.75, 3.05) is 6.73 Å². The maximum atomic E-state index is 13.1. The fourth-order valence-electron chi connectivity index (χ4n) is 4.26. The molecule has 0 saturated heterocycles. The molecule has 5 heteroatoms. The van der Waals surface area contributed by atoms with E-state index in [0.29, 0.717) is 29.3 Å². The molecule has 138 valence electrons. The average molecular weight is 426 g/mol. The maximum Gasteiger partial charge on any atom is 0.200 e. The SMILES string of the molecule is O=c1c(-c2ccc(Br)cc2)coc2c3c(ccc12)OCN(C1CCCC1)C3. The summed E-state index contributed by atoms with van der Waals surface area (Å²) in [7, 11) is 0. The Morgan fingerprint density at radius 1 is 1.04 bits per heavy atom. The van der Waals surface area contributed by atoms with Crippen molar-refractivity contribution in [3.05, 3.63) is 62.9 Å². The second-order valence-electron chi connectivity index (χ2n) is 7.36. The first kappa shape index (κ1) is 17.0. The van der Waals surface area contributed by atoms with Gasteiger partial charge in [0.05, 0.1) is 16.5 Å². The van der Waals surface area contributed by atoms with Gasteiger partial charge in [0.2, 0.25) is 5.43 Å². The van der Waals surface area contributed by atoms with Gasteiger partial charge in [-0.25, -0.2) is 0 Å². The van der Waals surface area contributed by atoms with Crippen LogP contribution in [0.5, 0.6) is 5.75 Å². The number of nitrogens with zero attached hydrogens (tertiary/aromatic N) is 1. The molecule has 5 rings (SSSR count). The van der Waals surface area contributed by atoms with Crippen molar-refractivity contribution in [3.8, 4) is 16.9 Å². The van der Waals surface area contributed by atoms with E-state index in [9.17, 15) is 4.79 Å². The van der Waals surface area contributed by atoms with Crippen molar-refractivity contribution in [2.45, 2.75) is 38.3 Å². The molecule has 0 spiro atoms. The maximum absolute atomic E-state index is 13.1. The highest BCUT2D eigenvalue weighted by Gasteiger charge is 2.29. The van der Waals surface area contributed by atoms with E-state index in [1.54, 1.807) is 6.26 Å². The largest absolute Gasteiger partial charge is 0.478 e. The van der Waals surface area contributed by atoms with Gasteiger partial charge >= 0.3 is 0 Å². The number of hydrogen-bond acceptors (Lipinski definition) is 4. The summed E-state index contributed by atoms with van der Waals surface area (Å²) in [5.74, 6) is 0.830. The normalized spacial score (nSPS) is 17.8. The Balaban J connectivity index is 1.58. The molecule has 2 aliphatic rings. The zero-order chi connectivity index (χ0) is 18.4. The molecule has 0 radical (unpaired) electrons. The third-order valence-corrected chi connectivity index (χ3v) is 6.27. The first-order valence-corrected chi connectivity index (χ1v) is 10.2. The number of halogens is 1. The van der Waals surface area contributed by atoms with Crippen molar-refractivity contribution in [1.29, 1.82) is 0 Å². The average Bonchev–Trinajstić information content (AvgIpc) is 3.23. The van der Waals surface area contributed by atoms with Crippen LogP contribution in [0.25, 0.3) is 22.1 Å². The molecule has 0 atom stereocenters. The van der Waals surface area contributed by atoms with E-state index < -0.39 is 0 Å². The Kier molecular flexibility index (Phi) is 4.29. The monoisotopic (exact) mass is 425 g/mol. The number of benzene rings is 2. The van der Waals surface area contributed by atoms with Crippen LogP contribution in [0.4, 0.5) is 0 Å². The standard InChI is InChI=1S/C22H20BrNO3/c23-15-7-5-14(6-8-15)19-12-26-22-17(21(19)25)9-10-20-18(22)11-24(13-27-20)16-3-1-2-4-16/h5-10,12,16H,1-4,11,13H2. The molecule has 2 heterocycles. The Morgan fingerprint density at radius 3 is 2.59 bits per heavy atom. The molecule has 1 saturated carbocycles. The van der Waals surface area contributed by atoms with Gasteiger partial charge < -0.3 is 9.15 Å². The molecular formula is C22H20BrNO3. The molecule has 27 heavy (non-hydrogen) atoms. The summed E-state index contributed by atoms with van der Waals surface area (Å²) in [5.41, 5.74) is 3.08. The lowest BCUT2D eigenvalue weighted by atomic mass is 10.0. The quantitative estimate of drug-likeness (QED) is 0.557. The van der Waals surface area contributed by atoms with Crippen LogP contribution in [0.1, 0.15) is 31.2 Å². The highest BCUT2D eigenvalue weighted by atomic mass is 79.9. The van der Waals surface area contributed by atoms with E-state index in [1.165, 1.54) is 25.7 Å². The van der Waals surface area contributed by atoms with Gasteiger partial charge in [0.25, 0.3) is 0 Å². The third kappa shape index (κ3) is 2.99. The van der Waals surface area contributed by atoms with Crippen LogP contribution in [0.2, 0.25) is 0 Å². The molecule has 1 fully saturated rings. The molecule has 0 N–H and O–H groups in total. The Morgan fingerprint density at radius 2 is 1.81 bits per heavy atom. The van der Waals surface area contributed by atoms with Gasteiger partial charge in [-0.15, -0.1) is 0 Å². The Hall–Kier alpha value is -2.11. The van der Waals surface area contributed by atoms with E-state index in [4.69, 9.17) is 9.15 Å². The van der Waals surface area contributed by atoms with Crippen LogP contribution < -0.4 is 10.2 Å². The predicted octanol–water partition coefficient (Wildman–Crippen LogP) is 5.32. The lowest BCUT2D eigenvalue weighted by Crippen LogP contribution is -2.39. The molecular weight excluding hydrogens is 406 g/mol. The van der Waals surface area contributed by atoms with Crippen molar-refractivity contribution < 1.29 is 9.15 Å². The van der Waals surface area contributed by atoms with Crippen LogP contribution >= 0.6 is 15.9 Å². The van der Waals surface area contributed by atoms with Crippen molar-refractivity contribution in [3.63, 3.8) is 0 Å². The molecule has 1 aliphatic carbocycles. The minimum atomic E-state index is -0.000590. The summed E-state index contributed by atoms with van der Waals surface area (Å²) in [4.78, 5) is 15.5. The number of rotatable bonds is 2. The molecule has 0 unspecified atom stereocenters. The lowest BCUT2D eigenvalue weighted by Gasteiger charge is -2.33. The lowest BCUT2D eigenvalue weighted by molar-refractivity contribution is 0.0581. The highest BCUT2D eigenvalue weighted by molar-refractivity contribution is 9.10. The molecule has 0 amide bonds. The minimum absolute atomic E-state index is 0.000590. The highest BCUT2D eigenvalue weighted by Crippen LogP contribution is 2.35. The van der Waals surface area contributed by atoms with E-state index >= 15 is 0 Å². The minimum Gasteiger partial charge on any atom is -0.478 e. The van der Waals surface area contributed by atoms with Gasteiger partial charge in [-0.2, -0.15) is 0 Å². The second kappa shape index (κ2) is 6.80. The van der Waals surface area contributed by atoms with Crippen LogP contribution in [0.15, 0.2) is 56.3 Å². The number of ether oxygens (including phenoxy) is 1. The van der Waals surface area contributed by atoms with Gasteiger partial charge in [0.1, 0.15) is 24.3 Å². The van der Waals surface area contributed by atoms with Crippen LogP contribution in [-0.2, 0) is 6.54 Å². The first-order chi connectivity index (χ1) is 13.2. The molecule has 2 aromatic carbocycles.